The van der Waals surface area contributed by atoms with Crippen LogP contribution in [0.4, 0.5) is 0 Å². The molecule has 0 saturated carbocycles. The van der Waals surface area contributed by atoms with Crippen LogP contribution >= 0.6 is 11.6 Å². The lowest BCUT2D eigenvalue weighted by atomic mass is 9.98. The van der Waals surface area contributed by atoms with Gasteiger partial charge in [-0.05, 0) is 55.5 Å². The van der Waals surface area contributed by atoms with E-state index < -0.39 is 0 Å². The van der Waals surface area contributed by atoms with Crippen molar-refractivity contribution < 1.29 is 9.53 Å². The smallest absolute Gasteiger partial charge is 0.127 e. The van der Waals surface area contributed by atoms with Gasteiger partial charge in [0.25, 0.3) is 0 Å². The minimum atomic E-state index is 0.0798. The molecule has 2 aromatic rings. The summed E-state index contributed by atoms with van der Waals surface area (Å²) in [5.74, 6) is 0.0798. The maximum absolute atomic E-state index is 10.5. The highest BCUT2D eigenvalue weighted by molar-refractivity contribution is 6.30. The summed E-state index contributed by atoms with van der Waals surface area (Å²) in [6.07, 6.45) is 20.7. The predicted molar refractivity (Wildman–Crippen MR) is 172 cm³/mol. The van der Waals surface area contributed by atoms with Crippen molar-refractivity contribution >= 4 is 23.6 Å². The molecule has 0 fully saturated rings. The van der Waals surface area contributed by atoms with Gasteiger partial charge in [0, 0.05) is 16.7 Å². The number of aliphatic imine (C=N–C) groups is 1. The van der Waals surface area contributed by atoms with Crippen LogP contribution < -0.4 is 0 Å². The molecule has 0 radical (unpaired) electrons. The molecule has 0 spiro atoms. The second-order valence-corrected chi connectivity index (χ2v) is 8.89. The van der Waals surface area contributed by atoms with Gasteiger partial charge in [0.05, 0.1) is 19.8 Å². The van der Waals surface area contributed by atoms with Crippen molar-refractivity contribution in [3.05, 3.63) is 133 Å². The zero-order valence-electron chi connectivity index (χ0n) is 24.0. The van der Waals surface area contributed by atoms with Crippen molar-refractivity contribution in [2.75, 3.05) is 13.2 Å². The van der Waals surface area contributed by atoms with Crippen LogP contribution in [0.3, 0.4) is 0 Å². The van der Waals surface area contributed by atoms with E-state index in [0.29, 0.717) is 19.8 Å². The summed E-state index contributed by atoms with van der Waals surface area (Å²) >= 11 is 5.85. The Morgan fingerprint density at radius 2 is 1.79 bits per heavy atom. The molecule has 0 aliphatic carbocycles. The molecule has 2 rings (SSSR count). The lowest BCUT2D eigenvalue weighted by molar-refractivity contribution is -0.109. The largest absolute Gasteiger partial charge is 0.373 e. The van der Waals surface area contributed by atoms with Crippen LogP contribution in [-0.2, 0) is 16.1 Å². The number of allylic oxidation sites excluding steroid dienone is 6. The normalized spacial score (nSPS) is 11.9. The molecular weight excluding hydrogens is 502 g/mol. The maximum atomic E-state index is 10.5. The average Bonchev–Trinajstić information content (AvgIpc) is 2.96. The van der Waals surface area contributed by atoms with E-state index in [1.165, 1.54) is 0 Å². The second-order valence-electron chi connectivity index (χ2n) is 8.46. The monoisotopic (exact) mass is 547 g/mol. The van der Waals surface area contributed by atoms with Crippen LogP contribution in [-0.4, -0.2) is 25.1 Å². The highest BCUT2D eigenvalue weighted by Gasteiger charge is 2.05. The van der Waals surface area contributed by atoms with E-state index in [1.807, 2.05) is 105 Å². The Kier molecular flexibility index (Phi) is 24.1. The molecule has 0 bridgehead atoms. The summed E-state index contributed by atoms with van der Waals surface area (Å²) in [6.45, 7) is 15.4. The van der Waals surface area contributed by atoms with Gasteiger partial charge in [0.1, 0.15) is 6.29 Å². The minimum Gasteiger partial charge on any atom is -0.373 e. The molecular formula is C35H46ClNO2. The number of hydrogen-bond donors (Lipinski definition) is 0. The third kappa shape index (κ3) is 20.4. The first-order chi connectivity index (χ1) is 19.1. The van der Waals surface area contributed by atoms with Crippen LogP contribution in [0.1, 0.15) is 63.5 Å². The first-order valence-electron chi connectivity index (χ1n) is 13.6. The van der Waals surface area contributed by atoms with Crippen molar-refractivity contribution in [3.8, 4) is 0 Å². The first-order valence-corrected chi connectivity index (χ1v) is 14.0. The van der Waals surface area contributed by atoms with E-state index in [9.17, 15) is 4.79 Å². The number of aldehydes is 1. The SMILES string of the molecule is C/C=C\C=C/COCc1cccc(Cl)c1.C=CC/C=C\C(CCC)=NCC=C.CCC(C=O)c1ccccc1. The zero-order chi connectivity index (χ0) is 29.0. The van der Waals surface area contributed by atoms with E-state index in [1.54, 1.807) is 0 Å². The fourth-order valence-electron chi connectivity index (χ4n) is 3.18. The summed E-state index contributed by atoms with van der Waals surface area (Å²) in [6, 6.07) is 17.6. The molecule has 0 aromatic heterocycles. The van der Waals surface area contributed by atoms with E-state index >= 15 is 0 Å². The zero-order valence-corrected chi connectivity index (χ0v) is 24.7. The topological polar surface area (TPSA) is 38.7 Å². The number of benzene rings is 2. The Balaban J connectivity index is 0.000000562. The number of carbonyl (C=O) groups is 1. The van der Waals surface area contributed by atoms with Crippen molar-refractivity contribution in [1.29, 1.82) is 0 Å². The summed E-state index contributed by atoms with van der Waals surface area (Å²) < 4.78 is 5.44. The van der Waals surface area contributed by atoms with Crippen LogP contribution in [0.2, 0.25) is 5.02 Å². The first kappa shape index (κ1) is 35.7. The van der Waals surface area contributed by atoms with Gasteiger partial charge >= 0.3 is 0 Å². The number of rotatable bonds is 15. The van der Waals surface area contributed by atoms with Gasteiger partial charge in [-0.15, -0.1) is 13.2 Å². The molecule has 210 valence electrons. The molecule has 39 heavy (non-hydrogen) atoms. The van der Waals surface area contributed by atoms with Crippen molar-refractivity contribution in [3.63, 3.8) is 0 Å². The minimum absolute atomic E-state index is 0.0798. The van der Waals surface area contributed by atoms with Crippen LogP contribution in [0, 0.1) is 0 Å². The third-order valence-electron chi connectivity index (χ3n) is 5.19. The quantitative estimate of drug-likeness (QED) is 0.0731. The van der Waals surface area contributed by atoms with Gasteiger partial charge in [-0.1, -0.05) is 117 Å². The summed E-state index contributed by atoms with van der Waals surface area (Å²) in [5, 5.41) is 0.751. The van der Waals surface area contributed by atoms with Gasteiger partial charge < -0.3 is 9.53 Å². The number of nitrogens with zero attached hydrogens (tertiary/aromatic N) is 1. The molecule has 0 heterocycles. The second kappa shape index (κ2) is 26.3. The molecule has 2 aromatic carbocycles. The van der Waals surface area contributed by atoms with Crippen LogP contribution in [0.5, 0.6) is 0 Å². The molecule has 0 aliphatic rings. The predicted octanol–water partition coefficient (Wildman–Crippen LogP) is 9.91. The standard InChI is InChI=1S/C13H15ClO.C12H19N.C10H12O/c1-2-3-4-5-9-15-11-12-7-6-8-13(14)10-12;1-4-7-8-10-12(9-5-2)13-11-6-3;1-2-9(8-11)10-6-4-3-5-7-10/h2-8,10H,9,11H2,1H3;4,6,8,10H,1,3,5,7,9,11H2,2H3;3-9H,2H2,1H3/b3-2-,5-4-;10-8-,13-12?;. The van der Waals surface area contributed by atoms with Crippen LogP contribution in [0.25, 0.3) is 0 Å². The Bertz CT molecular complexity index is 1020. The Hall–Kier alpha value is -3.27. The van der Waals surface area contributed by atoms with E-state index in [-0.39, 0.29) is 5.92 Å². The highest BCUT2D eigenvalue weighted by atomic mass is 35.5. The number of carbonyl (C=O) groups excluding carboxylic acids is 1. The maximum Gasteiger partial charge on any atom is 0.127 e. The summed E-state index contributed by atoms with van der Waals surface area (Å²) in [7, 11) is 0. The fraction of sp³-hybridized carbons (Fsp3) is 0.314. The Labute approximate surface area is 242 Å². The highest BCUT2D eigenvalue weighted by Crippen LogP contribution is 2.15. The molecule has 0 N–H and O–H groups in total. The van der Waals surface area contributed by atoms with Crippen LogP contribution in [0.15, 0.2) is 121 Å². The van der Waals surface area contributed by atoms with Crippen molar-refractivity contribution in [1.82, 2.24) is 0 Å². The molecule has 1 unspecified atom stereocenters. The number of hydrogen-bond acceptors (Lipinski definition) is 3. The van der Waals surface area contributed by atoms with Gasteiger partial charge in [-0.3, -0.25) is 4.99 Å². The van der Waals surface area contributed by atoms with Gasteiger partial charge in [-0.2, -0.15) is 0 Å². The van der Waals surface area contributed by atoms with Gasteiger partial charge in [-0.25, -0.2) is 0 Å². The fourth-order valence-corrected chi connectivity index (χ4v) is 3.39. The number of ether oxygens (including phenoxy) is 1. The lowest BCUT2D eigenvalue weighted by Gasteiger charge is -2.05. The van der Waals surface area contributed by atoms with Crippen molar-refractivity contribution in [2.45, 2.75) is 59.0 Å². The number of halogens is 1. The molecule has 1 atom stereocenters. The Morgan fingerprint density at radius 1 is 1.03 bits per heavy atom. The Morgan fingerprint density at radius 3 is 2.38 bits per heavy atom. The lowest BCUT2D eigenvalue weighted by Crippen LogP contribution is -1.96. The van der Waals surface area contributed by atoms with Gasteiger partial charge in [0.15, 0.2) is 0 Å². The van der Waals surface area contributed by atoms with E-state index in [0.717, 1.165) is 53.8 Å². The molecule has 0 saturated heterocycles. The average molecular weight is 548 g/mol. The molecule has 0 amide bonds. The molecule has 0 aliphatic heterocycles. The van der Waals surface area contributed by atoms with Gasteiger partial charge in [0.2, 0.25) is 0 Å². The molecule has 3 nitrogen and oxygen atoms in total. The van der Waals surface area contributed by atoms with E-state index in [4.69, 9.17) is 16.3 Å². The van der Waals surface area contributed by atoms with Crippen molar-refractivity contribution in [2.24, 2.45) is 4.99 Å². The third-order valence-corrected chi connectivity index (χ3v) is 5.42. The molecule has 4 heteroatoms. The summed E-state index contributed by atoms with van der Waals surface area (Å²) in [5.41, 5.74) is 3.37. The summed E-state index contributed by atoms with van der Waals surface area (Å²) in [4.78, 5) is 14.9. The van der Waals surface area contributed by atoms with E-state index in [2.05, 4.69) is 37.2 Å².